The Kier molecular flexibility index (Phi) is 4.38. The van der Waals surface area contributed by atoms with Crippen LogP contribution in [0, 0.1) is 17.2 Å². The Morgan fingerprint density at radius 2 is 2.10 bits per heavy atom. The molecule has 1 aromatic carbocycles. The smallest absolute Gasteiger partial charge is 0.207 e. The van der Waals surface area contributed by atoms with E-state index in [1.807, 2.05) is 13.0 Å². The predicted octanol–water partition coefficient (Wildman–Crippen LogP) is 3.02. The topological polar surface area (TPSA) is 61.2 Å². The standard InChI is InChI=1S/C14H17ClN2O2S/c1-10-4-3-7-17(11(10)2)20(18,19)14-8-12(9-16)5-6-13(14)15/h5-6,8,10-11H,3-4,7H2,1-2H3. The molecule has 1 heterocycles. The maximum atomic E-state index is 12.8. The van der Waals surface area contributed by atoms with Crippen LogP contribution in [0.4, 0.5) is 0 Å². The summed E-state index contributed by atoms with van der Waals surface area (Å²) >= 11 is 6.03. The summed E-state index contributed by atoms with van der Waals surface area (Å²) in [5.74, 6) is 0.316. The molecule has 0 bridgehead atoms. The van der Waals surface area contributed by atoms with E-state index in [-0.39, 0.29) is 16.0 Å². The molecule has 1 aromatic rings. The highest BCUT2D eigenvalue weighted by molar-refractivity contribution is 7.89. The van der Waals surface area contributed by atoms with Gasteiger partial charge in [-0.25, -0.2) is 8.42 Å². The zero-order valence-electron chi connectivity index (χ0n) is 11.5. The molecular formula is C14H17ClN2O2S. The Morgan fingerprint density at radius 3 is 2.75 bits per heavy atom. The molecule has 0 N–H and O–H groups in total. The Balaban J connectivity index is 2.47. The van der Waals surface area contributed by atoms with Crippen molar-refractivity contribution in [3.8, 4) is 6.07 Å². The average molecular weight is 313 g/mol. The monoisotopic (exact) mass is 312 g/mol. The fourth-order valence-corrected chi connectivity index (χ4v) is 4.80. The van der Waals surface area contributed by atoms with Crippen LogP contribution in [-0.2, 0) is 10.0 Å². The van der Waals surface area contributed by atoms with Crippen LogP contribution in [0.25, 0.3) is 0 Å². The maximum absolute atomic E-state index is 12.8. The Labute approximate surface area is 125 Å². The fourth-order valence-electron chi connectivity index (χ4n) is 2.53. The van der Waals surface area contributed by atoms with Crippen molar-refractivity contribution in [2.24, 2.45) is 5.92 Å². The molecule has 0 aromatic heterocycles. The highest BCUT2D eigenvalue weighted by Crippen LogP contribution is 2.32. The number of piperidine rings is 1. The lowest BCUT2D eigenvalue weighted by Gasteiger charge is -2.36. The first-order chi connectivity index (χ1) is 9.37. The van der Waals surface area contributed by atoms with E-state index in [0.717, 1.165) is 12.8 Å². The summed E-state index contributed by atoms with van der Waals surface area (Å²) in [4.78, 5) is 0.0270. The van der Waals surface area contributed by atoms with Gasteiger partial charge >= 0.3 is 0 Å². The lowest BCUT2D eigenvalue weighted by molar-refractivity contribution is 0.202. The second kappa shape index (κ2) is 5.72. The third-order valence-electron chi connectivity index (χ3n) is 3.96. The quantitative estimate of drug-likeness (QED) is 0.843. The molecular weight excluding hydrogens is 296 g/mol. The number of nitriles is 1. The summed E-state index contributed by atoms with van der Waals surface area (Å²) in [5, 5.41) is 9.08. The molecule has 0 amide bonds. The summed E-state index contributed by atoms with van der Waals surface area (Å²) in [5.41, 5.74) is 0.297. The van der Waals surface area contributed by atoms with E-state index in [1.54, 1.807) is 0 Å². The first-order valence-electron chi connectivity index (χ1n) is 6.59. The molecule has 2 unspecified atom stereocenters. The second-order valence-corrected chi connectivity index (χ2v) is 7.50. The fraction of sp³-hybridized carbons (Fsp3) is 0.500. The van der Waals surface area contributed by atoms with Crippen molar-refractivity contribution in [1.29, 1.82) is 5.26 Å². The van der Waals surface area contributed by atoms with Crippen molar-refractivity contribution in [3.63, 3.8) is 0 Å². The minimum Gasteiger partial charge on any atom is -0.207 e. The van der Waals surface area contributed by atoms with E-state index in [9.17, 15) is 8.42 Å². The van der Waals surface area contributed by atoms with E-state index in [0.29, 0.717) is 18.0 Å². The summed E-state index contributed by atoms with van der Waals surface area (Å²) < 4.78 is 27.0. The van der Waals surface area contributed by atoms with Gasteiger partial charge in [-0.1, -0.05) is 18.5 Å². The van der Waals surface area contributed by atoms with Crippen LogP contribution in [0.15, 0.2) is 23.1 Å². The molecule has 108 valence electrons. The third kappa shape index (κ3) is 2.69. The van der Waals surface area contributed by atoms with Gasteiger partial charge in [0.25, 0.3) is 0 Å². The lowest BCUT2D eigenvalue weighted by atomic mass is 9.94. The minimum atomic E-state index is -3.66. The molecule has 2 atom stereocenters. The van der Waals surface area contributed by atoms with Gasteiger partial charge in [-0.05, 0) is 43.9 Å². The molecule has 0 spiro atoms. The third-order valence-corrected chi connectivity index (χ3v) is 6.43. The molecule has 0 saturated carbocycles. The minimum absolute atomic E-state index is 0.0270. The van der Waals surface area contributed by atoms with Crippen molar-refractivity contribution in [2.75, 3.05) is 6.54 Å². The van der Waals surface area contributed by atoms with E-state index < -0.39 is 10.0 Å². The van der Waals surface area contributed by atoms with Crippen molar-refractivity contribution in [3.05, 3.63) is 28.8 Å². The number of halogens is 1. The van der Waals surface area contributed by atoms with Crippen LogP contribution in [0.3, 0.4) is 0 Å². The molecule has 1 saturated heterocycles. The Hall–Kier alpha value is -1.09. The van der Waals surface area contributed by atoms with Crippen LogP contribution < -0.4 is 0 Å². The van der Waals surface area contributed by atoms with E-state index in [1.165, 1.54) is 22.5 Å². The van der Waals surface area contributed by atoms with Crippen LogP contribution >= 0.6 is 11.6 Å². The van der Waals surface area contributed by atoms with Crippen molar-refractivity contribution < 1.29 is 8.42 Å². The predicted molar refractivity (Wildman–Crippen MR) is 77.9 cm³/mol. The molecule has 1 aliphatic rings. The van der Waals surface area contributed by atoms with Gasteiger partial charge in [-0.2, -0.15) is 9.57 Å². The molecule has 6 heteroatoms. The van der Waals surface area contributed by atoms with Crippen LogP contribution in [-0.4, -0.2) is 25.3 Å². The van der Waals surface area contributed by atoms with Gasteiger partial charge in [0.05, 0.1) is 16.7 Å². The van der Waals surface area contributed by atoms with Crippen LogP contribution in [0.5, 0.6) is 0 Å². The Bertz CT molecular complexity index is 652. The first-order valence-corrected chi connectivity index (χ1v) is 8.41. The van der Waals surface area contributed by atoms with Gasteiger partial charge in [0.15, 0.2) is 0 Å². The van der Waals surface area contributed by atoms with Crippen LogP contribution in [0.1, 0.15) is 32.3 Å². The number of benzene rings is 1. The van der Waals surface area contributed by atoms with Gasteiger partial charge in [0.1, 0.15) is 4.90 Å². The zero-order valence-corrected chi connectivity index (χ0v) is 13.1. The molecule has 2 rings (SSSR count). The number of hydrogen-bond donors (Lipinski definition) is 0. The van der Waals surface area contributed by atoms with E-state index >= 15 is 0 Å². The summed E-state index contributed by atoms with van der Waals surface area (Å²) in [6.45, 7) is 4.48. The first kappa shape index (κ1) is 15.3. The molecule has 1 fully saturated rings. The molecule has 4 nitrogen and oxygen atoms in total. The lowest BCUT2D eigenvalue weighted by Crippen LogP contribution is -2.45. The second-order valence-electron chi connectivity index (χ2n) is 5.23. The SMILES string of the molecule is CC1CCCN(S(=O)(=O)c2cc(C#N)ccc2Cl)C1C. The molecule has 0 aliphatic carbocycles. The van der Waals surface area contributed by atoms with Crippen molar-refractivity contribution in [1.82, 2.24) is 4.31 Å². The number of nitrogens with zero attached hydrogens (tertiary/aromatic N) is 2. The van der Waals surface area contributed by atoms with Gasteiger partial charge < -0.3 is 0 Å². The Morgan fingerprint density at radius 1 is 1.40 bits per heavy atom. The summed E-state index contributed by atoms with van der Waals surface area (Å²) in [6, 6.07) is 6.22. The molecule has 20 heavy (non-hydrogen) atoms. The molecule has 0 radical (unpaired) electrons. The summed E-state index contributed by atoms with van der Waals surface area (Å²) in [6.07, 6.45) is 1.87. The van der Waals surface area contributed by atoms with Crippen molar-refractivity contribution >= 4 is 21.6 Å². The van der Waals surface area contributed by atoms with Gasteiger partial charge in [-0.15, -0.1) is 0 Å². The van der Waals surface area contributed by atoms with Gasteiger partial charge in [0.2, 0.25) is 10.0 Å². The highest BCUT2D eigenvalue weighted by atomic mass is 35.5. The maximum Gasteiger partial charge on any atom is 0.244 e. The van der Waals surface area contributed by atoms with Gasteiger partial charge in [0, 0.05) is 12.6 Å². The van der Waals surface area contributed by atoms with Gasteiger partial charge in [-0.3, -0.25) is 0 Å². The zero-order chi connectivity index (χ0) is 14.9. The number of rotatable bonds is 2. The normalized spacial score (nSPS) is 24.3. The number of sulfonamides is 1. The van der Waals surface area contributed by atoms with E-state index in [2.05, 4.69) is 6.92 Å². The number of hydrogen-bond acceptors (Lipinski definition) is 3. The largest absolute Gasteiger partial charge is 0.244 e. The summed E-state index contributed by atoms with van der Waals surface area (Å²) in [7, 11) is -3.66. The van der Waals surface area contributed by atoms with E-state index in [4.69, 9.17) is 16.9 Å². The van der Waals surface area contributed by atoms with Crippen LogP contribution in [0.2, 0.25) is 5.02 Å². The highest BCUT2D eigenvalue weighted by Gasteiger charge is 2.35. The average Bonchev–Trinajstić information content (AvgIpc) is 2.42. The van der Waals surface area contributed by atoms with Crippen molar-refractivity contribution in [2.45, 2.75) is 37.6 Å². The molecule has 1 aliphatic heterocycles.